The summed E-state index contributed by atoms with van der Waals surface area (Å²) >= 11 is 0. The summed E-state index contributed by atoms with van der Waals surface area (Å²) in [6.45, 7) is 0.398. The van der Waals surface area contributed by atoms with Crippen LogP contribution in [0.15, 0.2) is 18.2 Å². The molecule has 0 amide bonds. The van der Waals surface area contributed by atoms with Crippen LogP contribution in [-0.4, -0.2) is 39.0 Å². The molecule has 0 aliphatic rings. The lowest BCUT2D eigenvalue weighted by Gasteiger charge is -2.07. The number of nitrogens with one attached hydrogen (secondary N) is 1. The normalized spacial score (nSPS) is 11.3. The van der Waals surface area contributed by atoms with Crippen LogP contribution >= 0.6 is 0 Å². The van der Waals surface area contributed by atoms with Gasteiger partial charge in [-0.3, -0.25) is 10.1 Å². The van der Waals surface area contributed by atoms with Crippen LogP contribution in [0, 0.1) is 10.1 Å². The molecule has 0 fully saturated rings. The summed E-state index contributed by atoms with van der Waals surface area (Å²) in [5, 5.41) is 13.8. The number of ether oxygens (including phenoxy) is 1. The van der Waals surface area contributed by atoms with Gasteiger partial charge in [-0.15, -0.1) is 0 Å². The van der Waals surface area contributed by atoms with Crippen molar-refractivity contribution < 1.29 is 18.1 Å². The summed E-state index contributed by atoms with van der Waals surface area (Å²) in [7, 11) is -1.41. The van der Waals surface area contributed by atoms with E-state index in [2.05, 4.69) is 5.32 Å². The van der Waals surface area contributed by atoms with E-state index in [1.54, 1.807) is 13.1 Å². The van der Waals surface area contributed by atoms with Crippen molar-refractivity contribution in [3.05, 3.63) is 33.9 Å². The van der Waals surface area contributed by atoms with Gasteiger partial charge in [0.05, 0.1) is 10.7 Å². The van der Waals surface area contributed by atoms with E-state index >= 15 is 0 Å². The molecule has 1 rings (SSSR count). The molecule has 0 spiro atoms. The molecule has 7 nitrogen and oxygen atoms in total. The predicted molar refractivity (Wildman–Crippen MR) is 71.1 cm³/mol. The molecule has 0 saturated heterocycles. The summed E-state index contributed by atoms with van der Waals surface area (Å²) in [6.07, 6.45) is 1.08. The van der Waals surface area contributed by atoms with Crippen molar-refractivity contribution in [3.63, 3.8) is 0 Å². The first-order valence-corrected chi connectivity index (χ1v) is 7.62. The predicted octanol–water partition coefficient (Wildman–Crippen LogP) is 0.738. The third kappa shape index (κ3) is 5.23. The van der Waals surface area contributed by atoms with Gasteiger partial charge in [0.1, 0.15) is 6.61 Å². The van der Waals surface area contributed by atoms with E-state index in [0.717, 1.165) is 11.8 Å². The van der Waals surface area contributed by atoms with Crippen LogP contribution in [0.5, 0.6) is 5.75 Å². The minimum atomic E-state index is -3.15. The Morgan fingerprint density at radius 2 is 2.11 bits per heavy atom. The average Bonchev–Trinajstić information content (AvgIpc) is 2.29. The molecule has 0 atom stereocenters. The highest BCUT2D eigenvalue weighted by atomic mass is 32.2. The second-order valence-corrected chi connectivity index (χ2v) is 6.33. The smallest absolute Gasteiger partial charge is 0.311 e. The zero-order valence-electron chi connectivity index (χ0n) is 10.8. The maximum Gasteiger partial charge on any atom is 0.311 e. The maximum absolute atomic E-state index is 11.0. The topological polar surface area (TPSA) is 98.5 Å². The van der Waals surface area contributed by atoms with Gasteiger partial charge in [-0.2, -0.15) is 0 Å². The summed E-state index contributed by atoms with van der Waals surface area (Å²) in [5.74, 6) is -0.101. The van der Waals surface area contributed by atoms with Gasteiger partial charge in [-0.05, 0) is 18.7 Å². The Kier molecular flexibility index (Phi) is 5.25. The standard InChI is InChI=1S/C11H16N2O5S/c1-12-8-9-3-4-11(10(7-9)13(14)15)18-5-6-19(2,16)17/h3-4,7,12H,5-6,8H2,1-2H3. The van der Waals surface area contributed by atoms with Gasteiger partial charge in [0.15, 0.2) is 15.6 Å². The van der Waals surface area contributed by atoms with Crippen LogP contribution < -0.4 is 10.1 Å². The molecule has 0 aliphatic heterocycles. The van der Waals surface area contributed by atoms with Crippen LogP contribution in [0.25, 0.3) is 0 Å². The van der Waals surface area contributed by atoms with Crippen LogP contribution in [0.4, 0.5) is 5.69 Å². The van der Waals surface area contributed by atoms with E-state index in [4.69, 9.17) is 4.74 Å². The first-order valence-electron chi connectivity index (χ1n) is 5.56. The lowest BCUT2D eigenvalue weighted by atomic mass is 10.2. The number of hydrogen-bond donors (Lipinski definition) is 1. The summed E-state index contributed by atoms with van der Waals surface area (Å²) < 4.78 is 27.1. The van der Waals surface area contributed by atoms with Crippen LogP contribution in [0.2, 0.25) is 0 Å². The summed E-state index contributed by atoms with van der Waals surface area (Å²) in [6, 6.07) is 4.58. The Morgan fingerprint density at radius 3 is 2.63 bits per heavy atom. The van der Waals surface area contributed by atoms with E-state index in [1.807, 2.05) is 0 Å². The molecule has 0 aliphatic carbocycles. The average molecular weight is 288 g/mol. The molecule has 0 radical (unpaired) electrons. The Balaban J connectivity index is 2.85. The molecule has 0 saturated carbocycles. The zero-order chi connectivity index (χ0) is 14.5. The van der Waals surface area contributed by atoms with E-state index < -0.39 is 14.8 Å². The molecule has 1 N–H and O–H groups in total. The third-order valence-corrected chi connectivity index (χ3v) is 3.22. The van der Waals surface area contributed by atoms with Gasteiger partial charge in [0, 0.05) is 18.9 Å². The second-order valence-electron chi connectivity index (χ2n) is 4.07. The lowest BCUT2D eigenvalue weighted by Crippen LogP contribution is -2.13. The van der Waals surface area contributed by atoms with E-state index in [9.17, 15) is 18.5 Å². The van der Waals surface area contributed by atoms with Crippen LogP contribution in [0.3, 0.4) is 0 Å². The molecule has 106 valence electrons. The van der Waals surface area contributed by atoms with Crippen molar-refractivity contribution in [3.8, 4) is 5.75 Å². The minimum Gasteiger partial charge on any atom is -0.486 e. The third-order valence-electron chi connectivity index (χ3n) is 2.31. The monoisotopic (exact) mass is 288 g/mol. The van der Waals surface area contributed by atoms with Gasteiger partial charge in [0.2, 0.25) is 0 Å². The molecule has 0 unspecified atom stereocenters. The summed E-state index contributed by atoms with van der Waals surface area (Å²) in [5.41, 5.74) is 0.589. The number of rotatable bonds is 7. The molecule has 1 aromatic rings. The highest BCUT2D eigenvalue weighted by Gasteiger charge is 2.16. The second kappa shape index (κ2) is 6.48. The molecule has 19 heavy (non-hydrogen) atoms. The zero-order valence-corrected chi connectivity index (χ0v) is 11.6. The Hall–Kier alpha value is -1.67. The molecule has 0 aromatic heterocycles. The Labute approximate surface area is 111 Å². The van der Waals surface area contributed by atoms with E-state index in [1.165, 1.54) is 12.1 Å². The Bertz CT molecular complexity index is 556. The SMILES string of the molecule is CNCc1ccc(OCCS(C)(=O)=O)c([N+](=O)[O-])c1. The number of nitro benzene ring substituents is 1. The van der Waals surface area contributed by atoms with Crippen molar-refractivity contribution in [1.29, 1.82) is 0 Å². The lowest BCUT2D eigenvalue weighted by molar-refractivity contribution is -0.385. The fourth-order valence-electron chi connectivity index (χ4n) is 1.44. The maximum atomic E-state index is 11.0. The molecule has 8 heteroatoms. The number of benzene rings is 1. The van der Waals surface area contributed by atoms with E-state index in [-0.39, 0.29) is 23.8 Å². The van der Waals surface area contributed by atoms with Crippen LogP contribution in [0.1, 0.15) is 5.56 Å². The van der Waals surface area contributed by atoms with Crippen molar-refractivity contribution in [2.45, 2.75) is 6.54 Å². The molecule has 0 bridgehead atoms. The van der Waals surface area contributed by atoms with Gasteiger partial charge < -0.3 is 10.1 Å². The molecule has 0 heterocycles. The number of nitrogens with zero attached hydrogens (tertiary/aromatic N) is 1. The largest absolute Gasteiger partial charge is 0.486 e. The fraction of sp³-hybridized carbons (Fsp3) is 0.455. The van der Waals surface area contributed by atoms with Gasteiger partial charge in [-0.25, -0.2) is 8.42 Å². The van der Waals surface area contributed by atoms with Gasteiger partial charge in [0.25, 0.3) is 0 Å². The molecular weight excluding hydrogens is 272 g/mol. The fourth-order valence-corrected chi connectivity index (χ4v) is 1.83. The van der Waals surface area contributed by atoms with Crippen molar-refractivity contribution in [2.75, 3.05) is 25.7 Å². The highest BCUT2D eigenvalue weighted by Crippen LogP contribution is 2.27. The first-order chi connectivity index (χ1) is 8.83. The number of sulfone groups is 1. The highest BCUT2D eigenvalue weighted by molar-refractivity contribution is 7.90. The quantitative estimate of drug-likeness (QED) is 0.587. The van der Waals surface area contributed by atoms with Gasteiger partial charge >= 0.3 is 5.69 Å². The van der Waals surface area contributed by atoms with Crippen LogP contribution in [-0.2, 0) is 16.4 Å². The minimum absolute atomic E-state index is 0.0773. The summed E-state index contributed by atoms with van der Waals surface area (Å²) in [4.78, 5) is 10.4. The first kappa shape index (κ1) is 15.4. The molecule has 1 aromatic carbocycles. The number of hydrogen-bond acceptors (Lipinski definition) is 6. The molecular formula is C11H16N2O5S. The number of nitro groups is 1. The van der Waals surface area contributed by atoms with Crippen molar-refractivity contribution >= 4 is 15.5 Å². The van der Waals surface area contributed by atoms with Crippen molar-refractivity contribution in [1.82, 2.24) is 5.32 Å². The van der Waals surface area contributed by atoms with Crippen molar-refractivity contribution in [2.24, 2.45) is 0 Å². The Morgan fingerprint density at radius 1 is 1.42 bits per heavy atom. The van der Waals surface area contributed by atoms with E-state index in [0.29, 0.717) is 6.54 Å². The van der Waals surface area contributed by atoms with Gasteiger partial charge in [-0.1, -0.05) is 6.07 Å².